The highest BCUT2D eigenvalue weighted by atomic mass is 16.4. The van der Waals surface area contributed by atoms with Gasteiger partial charge in [0.1, 0.15) is 0 Å². The number of rotatable bonds is 3. The summed E-state index contributed by atoms with van der Waals surface area (Å²) in [6.45, 7) is 0. The van der Waals surface area contributed by atoms with Crippen LogP contribution in [-0.2, 0) is 4.79 Å². The van der Waals surface area contributed by atoms with Gasteiger partial charge >= 0.3 is 18.0 Å². The number of nitrogens with zero attached hydrogens (tertiary/aromatic N) is 1. The van der Waals surface area contributed by atoms with Gasteiger partial charge in [0.25, 0.3) is 0 Å². The SMILES string of the molecule is CNC(=O)N(C)C(=O)NC(C(=O)O)c1ccccc1. The van der Waals surface area contributed by atoms with E-state index in [1.54, 1.807) is 30.3 Å². The van der Waals surface area contributed by atoms with E-state index >= 15 is 0 Å². The first kappa shape index (κ1) is 14.5. The Morgan fingerprint density at radius 1 is 1.16 bits per heavy atom. The number of benzene rings is 1. The summed E-state index contributed by atoms with van der Waals surface area (Å²) >= 11 is 0. The van der Waals surface area contributed by atoms with Gasteiger partial charge in [-0.25, -0.2) is 19.3 Å². The molecule has 0 aliphatic carbocycles. The van der Waals surface area contributed by atoms with E-state index in [-0.39, 0.29) is 0 Å². The van der Waals surface area contributed by atoms with E-state index in [4.69, 9.17) is 5.11 Å². The lowest BCUT2D eigenvalue weighted by atomic mass is 10.1. The maximum Gasteiger partial charge on any atom is 0.330 e. The summed E-state index contributed by atoms with van der Waals surface area (Å²) in [5, 5.41) is 13.7. The Bertz CT molecular complexity index is 475. The fraction of sp³-hybridized carbons (Fsp3) is 0.250. The number of hydrogen-bond acceptors (Lipinski definition) is 3. The number of urea groups is 2. The predicted octanol–water partition coefficient (Wildman–Crippen LogP) is 0.793. The molecule has 1 unspecified atom stereocenters. The predicted molar refractivity (Wildman–Crippen MR) is 67.6 cm³/mol. The van der Waals surface area contributed by atoms with Gasteiger partial charge in [-0.2, -0.15) is 0 Å². The zero-order valence-corrected chi connectivity index (χ0v) is 10.6. The van der Waals surface area contributed by atoms with Crippen LogP contribution in [0.5, 0.6) is 0 Å². The lowest BCUT2D eigenvalue weighted by Crippen LogP contribution is -2.47. The summed E-state index contributed by atoms with van der Waals surface area (Å²) < 4.78 is 0. The van der Waals surface area contributed by atoms with Crippen LogP contribution < -0.4 is 10.6 Å². The molecule has 1 rings (SSSR count). The second-order valence-electron chi connectivity index (χ2n) is 3.75. The van der Waals surface area contributed by atoms with Gasteiger partial charge in [0.15, 0.2) is 6.04 Å². The molecule has 1 aromatic carbocycles. The fourth-order valence-corrected chi connectivity index (χ4v) is 1.41. The van der Waals surface area contributed by atoms with Crippen molar-refractivity contribution in [2.45, 2.75) is 6.04 Å². The molecule has 0 saturated carbocycles. The van der Waals surface area contributed by atoms with Crippen molar-refractivity contribution in [1.82, 2.24) is 15.5 Å². The molecule has 0 aliphatic heterocycles. The third kappa shape index (κ3) is 3.70. The topological polar surface area (TPSA) is 98.7 Å². The van der Waals surface area contributed by atoms with Crippen LogP contribution in [0.25, 0.3) is 0 Å². The van der Waals surface area contributed by atoms with Crippen LogP contribution in [0.4, 0.5) is 9.59 Å². The van der Waals surface area contributed by atoms with Crippen LogP contribution >= 0.6 is 0 Å². The Morgan fingerprint density at radius 2 is 1.74 bits per heavy atom. The standard InChI is InChI=1S/C12H15N3O4/c1-13-11(18)15(2)12(19)14-9(10(16)17)8-6-4-3-5-7-8/h3-7,9H,1-2H3,(H,13,18)(H,14,19)(H,16,17). The molecule has 7 nitrogen and oxygen atoms in total. The van der Waals surface area contributed by atoms with E-state index in [9.17, 15) is 14.4 Å². The summed E-state index contributed by atoms with van der Waals surface area (Å²) in [5.74, 6) is -1.20. The Kier molecular flexibility index (Phi) is 4.87. The first-order valence-corrected chi connectivity index (χ1v) is 5.51. The maximum atomic E-state index is 11.7. The molecule has 1 atom stereocenters. The largest absolute Gasteiger partial charge is 0.479 e. The molecule has 0 radical (unpaired) electrons. The van der Waals surface area contributed by atoms with Crippen molar-refractivity contribution < 1.29 is 19.5 Å². The zero-order chi connectivity index (χ0) is 14.4. The molecule has 0 spiro atoms. The third-order valence-corrected chi connectivity index (χ3v) is 2.47. The van der Waals surface area contributed by atoms with Crippen molar-refractivity contribution in [2.75, 3.05) is 14.1 Å². The van der Waals surface area contributed by atoms with Gasteiger partial charge in [-0.15, -0.1) is 0 Å². The van der Waals surface area contributed by atoms with E-state index in [0.717, 1.165) is 4.90 Å². The number of imide groups is 1. The minimum absolute atomic E-state index is 0.425. The molecular formula is C12H15N3O4. The second kappa shape index (κ2) is 6.39. The Hall–Kier alpha value is -2.57. The van der Waals surface area contributed by atoms with Crippen LogP contribution in [0.1, 0.15) is 11.6 Å². The molecule has 0 aliphatic rings. The van der Waals surface area contributed by atoms with Gasteiger partial charge in [0, 0.05) is 14.1 Å². The van der Waals surface area contributed by atoms with Gasteiger partial charge in [-0.1, -0.05) is 30.3 Å². The molecule has 0 saturated heterocycles. The lowest BCUT2D eigenvalue weighted by Gasteiger charge is -2.20. The smallest absolute Gasteiger partial charge is 0.330 e. The highest BCUT2D eigenvalue weighted by Crippen LogP contribution is 2.12. The normalized spacial score (nSPS) is 11.3. The molecule has 102 valence electrons. The Labute approximate surface area is 110 Å². The number of carboxylic acid groups (broad SMARTS) is 1. The molecule has 3 N–H and O–H groups in total. The van der Waals surface area contributed by atoms with Crippen molar-refractivity contribution in [3.63, 3.8) is 0 Å². The fourth-order valence-electron chi connectivity index (χ4n) is 1.41. The highest BCUT2D eigenvalue weighted by Gasteiger charge is 2.25. The van der Waals surface area contributed by atoms with Gasteiger partial charge in [0.2, 0.25) is 0 Å². The molecule has 19 heavy (non-hydrogen) atoms. The van der Waals surface area contributed by atoms with E-state index in [1.165, 1.54) is 14.1 Å². The van der Waals surface area contributed by atoms with Crippen LogP contribution in [-0.4, -0.2) is 42.1 Å². The van der Waals surface area contributed by atoms with Crippen molar-refractivity contribution in [2.24, 2.45) is 0 Å². The number of nitrogens with one attached hydrogen (secondary N) is 2. The van der Waals surface area contributed by atoms with E-state index < -0.39 is 24.1 Å². The lowest BCUT2D eigenvalue weighted by molar-refractivity contribution is -0.139. The minimum Gasteiger partial charge on any atom is -0.479 e. The summed E-state index contributed by atoms with van der Waals surface area (Å²) in [7, 11) is 2.62. The summed E-state index contributed by atoms with van der Waals surface area (Å²) in [5.41, 5.74) is 0.425. The molecule has 1 aromatic rings. The van der Waals surface area contributed by atoms with Crippen LogP contribution in [0, 0.1) is 0 Å². The summed E-state index contributed by atoms with van der Waals surface area (Å²) in [4.78, 5) is 34.9. The molecule has 0 fully saturated rings. The Balaban J connectivity index is 2.84. The van der Waals surface area contributed by atoms with Crippen LogP contribution in [0.3, 0.4) is 0 Å². The highest BCUT2D eigenvalue weighted by molar-refractivity contribution is 5.94. The number of hydrogen-bond donors (Lipinski definition) is 3. The number of aliphatic carboxylic acids is 1. The number of amides is 4. The van der Waals surface area contributed by atoms with Crippen LogP contribution in [0.15, 0.2) is 30.3 Å². The van der Waals surface area contributed by atoms with Crippen molar-refractivity contribution >= 4 is 18.0 Å². The number of carbonyl (C=O) groups excluding carboxylic acids is 2. The van der Waals surface area contributed by atoms with Gasteiger partial charge in [-0.05, 0) is 5.56 Å². The summed E-state index contributed by atoms with van der Waals surface area (Å²) in [6.07, 6.45) is 0. The van der Waals surface area contributed by atoms with Crippen molar-refractivity contribution in [3.8, 4) is 0 Å². The number of carboxylic acids is 1. The molecule has 7 heteroatoms. The first-order chi connectivity index (χ1) is 8.97. The van der Waals surface area contributed by atoms with Crippen molar-refractivity contribution in [1.29, 1.82) is 0 Å². The monoisotopic (exact) mass is 265 g/mol. The molecule has 0 aromatic heterocycles. The Morgan fingerprint density at radius 3 is 2.21 bits per heavy atom. The van der Waals surface area contributed by atoms with Gasteiger partial charge in [0.05, 0.1) is 0 Å². The third-order valence-electron chi connectivity index (χ3n) is 2.47. The molecule has 0 bridgehead atoms. The average Bonchev–Trinajstić information content (AvgIpc) is 2.43. The molecular weight excluding hydrogens is 250 g/mol. The first-order valence-electron chi connectivity index (χ1n) is 5.51. The average molecular weight is 265 g/mol. The summed E-state index contributed by atoms with van der Waals surface area (Å²) in [6, 6.07) is 5.60. The van der Waals surface area contributed by atoms with E-state index in [0.29, 0.717) is 5.56 Å². The quantitative estimate of drug-likeness (QED) is 0.752. The minimum atomic E-state index is -1.21. The number of carbonyl (C=O) groups is 3. The second-order valence-corrected chi connectivity index (χ2v) is 3.75. The molecule has 0 heterocycles. The van der Waals surface area contributed by atoms with Gasteiger partial charge in [-0.3, -0.25) is 0 Å². The van der Waals surface area contributed by atoms with E-state index in [1.807, 2.05) is 0 Å². The van der Waals surface area contributed by atoms with Crippen LogP contribution in [0.2, 0.25) is 0 Å². The maximum absolute atomic E-state index is 11.7. The zero-order valence-electron chi connectivity index (χ0n) is 10.6. The van der Waals surface area contributed by atoms with Gasteiger partial charge < -0.3 is 15.7 Å². The molecule has 4 amide bonds. The van der Waals surface area contributed by atoms with Crippen molar-refractivity contribution in [3.05, 3.63) is 35.9 Å². The van der Waals surface area contributed by atoms with E-state index in [2.05, 4.69) is 10.6 Å².